The van der Waals surface area contributed by atoms with Gasteiger partial charge in [0.05, 0.1) is 0 Å². The van der Waals surface area contributed by atoms with Gasteiger partial charge in [-0.3, -0.25) is 0 Å². The maximum Gasteiger partial charge on any atom is 0.0469 e. The van der Waals surface area contributed by atoms with E-state index >= 15 is 0 Å². The summed E-state index contributed by atoms with van der Waals surface area (Å²) in [4.78, 5) is 2.33. The van der Waals surface area contributed by atoms with Crippen molar-refractivity contribution in [1.29, 1.82) is 0 Å². The Morgan fingerprint density at radius 3 is 2.71 bits per heavy atom. The normalized spacial score (nSPS) is 17.1. The Hall–Kier alpha value is -1.06. The Labute approximate surface area is 104 Å². The highest BCUT2D eigenvalue weighted by Crippen LogP contribution is 2.22. The Morgan fingerprint density at radius 1 is 1.29 bits per heavy atom. The molecule has 1 aromatic rings. The van der Waals surface area contributed by atoms with Crippen molar-refractivity contribution >= 4 is 5.69 Å². The third-order valence-electron chi connectivity index (χ3n) is 3.50. The van der Waals surface area contributed by atoms with Gasteiger partial charge in [-0.1, -0.05) is 18.2 Å². The minimum atomic E-state index is 0.605. The average Bonchev–Trinajstić information content (AvgIpc) is 2.40. The highest BCUT2D eigenvalue weighted by Gasteiger charge is 2.16. The topological polar surface area (TPSA) is 38.5 Å². The molecule has 0 spiro atoms. The van der Waals surface area contributed by atoms with Crippen LogP contribution in [0.25, 0.3) is 0 Å². The molecule has 1 heterocycles. The van der Waals surface area contributed by atoms with Gasteiger partial charge in [0.1, 0.15) is 0 Å². The molecule has 3 nitrogen and oxygen atoms in total. The summed E-state index contributed by atoms with van der Waals surface area (Å²) in [5.74, 6) is 0.750. The molecule has 17 heavy (non-hydrogen) atoms. The third-order valence-corrected chi connectivity index (χ3v) is 3.50. The van der Waals surface area contributed by atoms with Crippen molar-refractivity contribution in [3.63, 3.8) is 0 Å². The van der Waals surface area contributed by atoms with E-state index in [-0.39, 0.29) is 0 Å². The molecule has 0 radical (unpaired) electrons. The van der Waals surface area contributed by atoms with Gasteiger partial charge in [-0.2, -0.15) is 0 Å². The zero-order valence-corrected chi connectivity index (χ0v) is 10.6. The van der Waals surface area contributed by atoms with Gasteiger partial charge in [-0.05, 0) is 30.4 Å². The largest absolute Gasteiger partial charge is 0.381 e. The van der Waals surface area contributed by atoms with Crippen LogP contribution in [0, 0.1) is 5.92 Å². The number of benzene rings is 1. The lowest BCUT2D eigenvalue weighted by Crippen LogP contribution is -2.30. The number of hydrogen-bond donors (Lipinski definition) is 1. The summed E-state index contributed by atoms with van der Waals surface area (Å²) < 4.78 is 5.39. The monoisotopic (exact) mass is 234 g/mol. The molecule has 1 aliphatic heterocycles. The van der Waals surface area contributed by atoms with E-state index in [1.165, 1.54) is 24.1 Å². The molecule has 1 aromatic carbocycles. The number of nitrogens with zero attached hydrogens (tertiary/aromatic N) is 1. The van der Waals surface area contributed by atoms with Crippen LogP contribution >= 0.6 is 0 Å². The van der Waals surface area contributed by atoms with Crippen LogP contribution in [0.3, 0.4) is 0 Å². The van der Waals surface area contributed by atoms with Gasteiger partial charge < -0.3 is 15.4 Å². The summed E-state index contributed by atoms with van der Waals surface area (Å²) in [6, 6.07) is 8.39. The molecule has 0 saturated carbocycles. The predicted octanol–water partition coefficient (Wildman–Crippen LogP) is 2.01. The summed E-state index contributed by atoms with van der Waals surface area (Å²) in [5, 5.41) is 0. The van der Waals surface area contributed by atoms with E-state index in [0.29, 0.717) is 6.54 Å². The molecule has 94 valence electrons. The Kier molecular flexibility index (Phi) is 4.40. The SMILES string of the molecule is CN(CC1CCOCC1)c1ccccc1CN. The molecule has 0 bridgehead atoms. The van der Waals surface area contributed by atoms with Gasteiger partial charge in [-0.15, -0.1) is 0 Å². The van der Waals surface area contributed by atoms with Gasteiger partial charge in [0.25, 0.3) is 0 Å². The van der Waals surface area contributed by atoms with E-state index in [1.807, 2.05) is 6.07 Å². The van der Waals surface area contributed by atoms with Crippen LogP contribution in [-0.2, 0) is 11.3 Å². The second-order valence-corrected chi connectivity index (χ2v) is 4.77. The molecule has 3 heteroatoms. The lowest BCUT2D eigenvalue weighted by atomic mass is 9.99. The van der Waals surface area contributed by atoms with Gasteiger partial charge in [-0.25, -0.2) is 0 Å². The molecule has 0 aliphatic carbocycles. The minimum Gasteiger partial charge on any atom is -0.381 e. The number of hydrogen-bond acceptors (Lipinski definition) is 3. The molecule has 0 amide bonds. The highest BCUT2D eigenvalue weighted by molar-refractivity contribution is 5.52. The lowest BCUT2D eigenvalue weighted by molar-refractivity contribution is 0.0685. The zero-order valence-electron chi connectivity index (χ0n) is 10.6. The standard InChI is InChI=1S/C14H22N2O/c1-16(11-12-6-8-17-9-7-12)14-5-3-2-4-13(14)10-15/h2-5,12H,6-11,15H2,1H3. The summed E-state index contributed by atoms with van der Waals surface area (Å²) in [5.41, 5.74) is 8.26. The molecule has 1 fully saturated rings. The van der Waals surface area contributed by atoms with Crippen LogP contribution < -0.4 is 10.6 Å². The maximum atomic E-state index is 5.77. The van der Waals surface area contributed by atoms with Crippen LogP contribution in [0.4, 0.5) is 5.69 Å². The molecular formula is C14H22N2O. The summed E-state index contributed by atoms with van der Waals surface area (Å²) in [7, 11) is 2.16. The number of nitrogens with two attached hydrogens (primary N) is 1. The van der Waals surface area contributed by atoms with E-state index in [0.717, 1.165) is 25.7 Å². The second-order valence-electron chi connectivity index (χ2n) is 4.77. The smallest absolute Gasteiger partial charge is 0.0469 e. The summed E-state index contributed by atoms with van der Waals surface area (Å²) in [6.45, 7) is 3.53. The highest BCUT2D eigenvalue weighted by atomic mass is 16.5. The van der Waals surface area contributed by atoms with Crippen LogP contribution in [-0.4, -0.2) is 26.8 Å². The zero-order chi connectivity index (χ0) is 12.1. The van der Waals surface area contributed by atoms with Crippen molar-refractivity contribution in [1.82, 2.24) is 0 Å². The molecule has 1 aliphatic rings. The molecule has 2 rings (SSSR count). The van der Waals surface area contributed by atoms with E-state index < -0.39 is 0 Å². The van der Waals surface area contributed by atoms with Crippen LogP contribution in [0.2, 0.25) is 0 Å². The fourth-order valence-electron chi connectivity index (χ4n) is 2.47. The van der Waals surface area contributed by atoms with Crippen molar-refractivity contribution in [2.24, 2.45) is 11.7 Å². The first-order valence-electron chi connectivity index (χ1n) is 6.38. The van der Waals surface area contributed by atoms with E-state index in [4.69, 9.17) is 10.5 Å². The van der Waals surface area contributed by atoms with Gasteiger partial charge >= 0.3 is 0 Å². The second kappa shape index (κ2) is 6.03. The average molecular weight is 234 g/mol. The van der Waals surface area contributed by atoms with Gasteiger partial charge in [0, 0.05) is 39.0 Å². The Bertz CT molecular complexity index is 348. The molecule has 0 atom stereocenters. The van der Waals surface area contributed by atoms with Crippen molar-refractivity contribution in [2.75, 3.05) is 31.7 Å². The molecular weight excluding hydrogens is 212 g/mol. The lowest BCUT2D eigenvalue weighted by Gasteiger charge is -2.29. The van der Waals surface area contributed by atoms with Crippen LogP contribution in [0.1, 0.15) is 18.4 Å². The Balaban J connectivity index is 2.00. The van der Waals surface area contributed by atoms with Crippen LogP contribution in [0.15, 0.2) is 24.3 Å². The van der Waals surface area contributed by atoms with Crippen molar-refractivity contribution < 1.29 is 4.74 Å². The minimum absolute atomic E-state index is 0.605. The first kappa shape index (κ1) is 12.4. The van der Waals surface area contributed by atoms with Crippen molar-refractivity contribution in [2.45, 2.75) is 19.4 Å². The molecule has 0 aromatic heterocycles. The first-order valence-corrected chi connectivity index (χ1v) is 6.38. The molecule has 1 saturated heterocycles. The van der Waals surface area contributed by atoms with Crippen molar-refractivity contribution in [3.8, 4) is 0 Å². The third kappa shape index (κ3) is 3.20. The van der Waals surface area contributed by atoms with E-state index in [2.05, 4.69) is 30.1 Å². The Morgan fingerprint density at radius 2 is 2.00 bits per heavy atom. The number of ether oxygens (including phenoxy) is 1. The molecule has 0 unspecified atom stereocenters. The number of para-hydroxylation sites is 1. The number of rotatable bonds is 4. The molecule has 2 N–H and O–H groups in total. The van der Waals surface area contributed by atoms with Crippen molar-refractivity contribution in [3.05, 3.63) is 29.8 Å². The quantitative estimate of drug-likeness (QED) is 0.866. The summed E-state index contributed by atoms with van der Waals surface area (Å²) >= 11 is 0. The number of anilines is 1. The van der Waals surface area contributed by atoms with Gasteiger partial charge in [0.2, 0.25) is 0 Å². The van der Waals surface area contributed by atoms with E-state index in [9.17, 15) is 0 Å². The van der Waals surface area contributed by atoms with E-state index in [1.54, 1.807) is 0 Å². The fourth-order valence-corrected chi connectivity index (χ4v) is 2.47. The maximum absolute atomic E-state index is 5.77. The van der Waals surface area contributed by atoms with Crippen LogP contribution in [0.5, 0.6) is 0 Å². The van der Waals surface area contributed by atoms with Gasteiger partial charge in [0.15, 0.2) is 0 Å². The predicted molar refractivity (Wildman–Crippen MR) is 71.1 cm³/mol. The fraction of sp³-hybridized carbons (Fsp3) is 0.571. The first-order chi connectivity index (χ1) is 8.31. The summed E-state index contributed by atoms with van der Waals surface area (Å²) in [6.07, 6.45) is 2.35.